The van der Waals surface area contributed by atoms with Crippen molar-refractivity contribution in [3.05, 3.63) is 30.1 Å². The quantitative estimate of drug-likeness (QED) is 0.937. The van der Waals surface area contributed by atoms with Crippen molar-refractivity contribution in [3.8, 4) is 0 Å². The van der Waals surface area contributed by atoms with Gasteiger partial charge in [0.25, 0.3) is 0 Å². The molecule has 0 spiro atoms. The smallest absolute Gasteiger partial charge is 0.140 e. The van der Waals surface area contributed by atoms with E-state index in [2.05, 4.69) is 26.6 Å². The van der Waals surface area contributed by atoms with Crippen molar-refractivity contribution < 1.29 is 0 Å². The third-order valence-electron chi connectivity index (χ3n) is 4.81. The zero-order valence-corrected chi connectivity index (χ0v) is 12.5. The minimum atomic E-state index is 0.345. The van der Waals surface area contributed by atoms with Crippen molar-refractivity contribution in [2.45, 2.75) is 44.8 Å². The number of aromatic nitrogens is 2. The normalized spacial score (nSPS) is 23.8. The topological polar surface area (TPSA) is 47.1 Å². The van der Waals surface area contributed by atoms with Crippen LogP contribution in [0.1, 0.15) is 31.4 Å². The largest absolute Gasteiger partial charge is 0.328 e. The molecule has 2 fully saturated rings. The molecule has 1 atom stereocenters. The number of pyridine rings is 1. The van der Waals surface area contributed by atoms with Crippen LogP contribution in [0.5, 0.6) is 0 Å². The summed E-state index contributed by atoms with van der Waals surface area (Å²) in [5.41, 5.74) is 8.68. The van der Waals surface area contributed by atoms with Crippen LogP contribution in [0.2, 0.25) is 0 Å². The van der Waals surface area contributed by atoms with Crippen molar-refractivity contribution >= 4 is 11.0 Å². The molecule has 0 unspecified atom stereocenters. The molecule has 3 heterocycles. The Bertz CT molecular complexity index is 629. The van der Waals surface area contributed by atoms with E-state index in [9.17, 15) is 0 Å². The second-order valence-corrected chi connectivity index (χ2v) is 6.74. The lowest BCUT2D eigenvalue weighted by atomic mass is 10.1. The number of piperidine rings is 1. The van der Waals surface area contributed by atoms with Crippen molar-refractivity contribution in [2.24, 2.45) is 11.7 Å². The Labute approximate surface area is 125 Å². The van der Waals surface area contributed by atoms with E-state index in [1.54, 1.807) is 0 Å². The molecule has 4 rings (SSSR count). The van der Waals surface area contributed by atoms with Crippen molar-refractivity contribution in [2.75, 3.05) is 13.1 Å². The number of nitrogens with two attached hydrogens (primary N) is 1. The van der Waals surface area contributed by atoms with Gasteiger partial charge in [-0.1, -0.05) is 0 Å². The van der Waals surface area contributed by atoms with Gasteiger partial charge in [-0.25, -0.2) is 4.98 Å². The van der Waals surface area contributed by atoms with Gasteiger partial charge in [-0.2, -0.15) is 0 Å². The molecule has 0 radical (unpaired) electrons. The number of hydrogen-bond donors (Lipinski definition) is 1. The maximum Gasteiger partial charge on any atom is 0.140 e. The van der Waals surface area contributed by atoms with Crippen LogP contribution >= 0.6 is 0 Å². The van der Waals surface area contributed by atoms with Crippen molar-refractivity contribution in [3.63, 3.8) is 0 Å². The van der Waals surface area contributed by atoms with Crippen LogP contribution in [0.3, 0.4) is 0 Å². The molecule has 2 aromatic heterocycles. The summed E-state index contributed by atoms with van der Waals surface area (Å²) in [7, 11) is 0. The minimum absolute atomic E-state index is 0.345. The Kier molecular flexibility index (Phi) is 3.43. The highest BCUT2D eigenvalue weighted by molar-refractivity contribution is 5.77. The molecular formula is C17H24N4. The fraction of sp³-hybridized carbons (Fsp3) is 0.588. The van der Waals surface area contributed by atoms with E-state index < -0.39 is 0 Å². The second-order valence-electron chi connectivity index (χ2n) is 6.74. The molecule has 0 amide bonds. The third-order valence-corrected chi connectivity index (χ3v) is 4.81. The first-order chi connectivity index (χ1) is 10.3. The maximum atomic E-state index is 6.12. The van der Waals surface area contributed by atoms with E-state index in [-0.39, 0.29) is 0 Å². The lowest BCUT2D eigenvalue weighted by Crippen LogP contribution is -2.42. The number of rotatable bonds is 4. The van der Waals surface area contributed by atoms with E-state index in [1.165, 1.54) is 43.3 Å². The Balaban J connectivity index is 1.63. The van der Waals surface area contributed by atoms with E-state index in [0.29, 0.717) is 6.04 Å². The van der Waals surface area contributed by atoms with Gasteiger partial charge in [0.2, 0.25) is 0 Å². The van der Waals surface area contributed by atoms with E-state index >= 15 is 0 Å². The molecule has 4 nitrogen and oxygen atoms in total. The molecule has 112 valence electrons. The summed E-state index contributed by atoms with van der Waals surface area (Å²) >= 11 is 0. The van der Waals surface area contributed by atoms with Crippen LogP contribution in [0, 0.1) is 5.92 Å². The van der Waals surface area contributed by atoms with Crippen LogP contribution in [-0.2, 0) is 13.1 Å². The zero-order valence-electron chi connectivity index (χ0n) is 12.5. The molecule has 2 aliphatic rings. The van der Waals surface area contributed by atoms with Gasteiger partial charge in [-0.15, -0.1) is 0 Å². The van der Waals surface area contributed by atoms with Gasteiger partial charge in [0.05, 0.1) is 0 Å². The summed E-state index contributed by atoms with van der Waals surface area (Å²) in [4.78, 5) is 7.12. The predicted molar refractivity (Wildman–Crippen MR) is 84.9 cm³/mol. The third kappa shape index (κ3) is 2.83. The average molecular weight is 284 g/mol. The summed E-state index contributed by atoms with van der Waals surface area (Å²) in [6.07, 6.45) is 7.05. The van der Waals surface area contributed by atoms with E-state index in [0.717, 1.165) is 31.2 Å². The summed E-state index contributed by atoms with van der Waals surface area (Å²) in [6.45, 7) is 4.34. The molecule has 0 aromatic carbocycles. The van der Waals surface area contributed by atoms with Crippen LogP contribution in [0.4, 0.5) is 0 Å². The van der Waals surface area contributed by atoms with E-state index in [4.69, 9.17) is 5.73 Å². The first-order valence-electron chi connectivity index (χ1n) is 8.20. The minimum Gasteiger partial charge on any atom is -0.328 e. The fourth-order valence-electron chi connectivity index (χ4n) is 3.50. The molecule has 1 aliphatic carbocycles. The summed E-state index contributed by atoms with van der Waals surface area (Å²) in [5.74, 6) is 0.866. The predicted octanol–water partition coefficient (Wildman–Crippen LogP) is 2.37. The molecule has 2 N–H and O–H groups in total. The summed E-state index contributed by atoms with van der Waals surface area (Å²) in [6, 6.07) is 6.88. The lowest BCUT2D eigenvalue weighted by molar-refractivity contribution is 0.197. The van der Waals surface area contributed by atoms with Crippen LogP contribution in [0.15, 0.2) is 24.4 Å². The van der Waals surface area contributed by atoms with Gasteiger partial charge in [-0.3, -0.25) is 4.90 Å². The maximum absolute atomic E-state index is 6.12. The first-order valence-corrected chi connectivity index (χ1v) is 8.20. The molecule has 0 bridgehead atoms. The first kappa shape index (κ1) is 13.3. The highest BCUT2D eigenvalue weighted by Crippen LogP contribution is 2.33. The number of likely N-dealkylation sites (tertiary alicyclic amines) is 1. The second kappa shape index (κ2) is 5.43. The monoisotopic (exact) mass is 284 g/mol. The Morgan fingerprint density at radius 2 is 2.19 bits per heavy atom. The fourth-order valence-corrected chi connectivity index (χ4v) is 3.50. The lowest BCUT2D eigenvalue weighted by Gasteiger charge is -2.30. The Hall–Kier alpha value is -1.39. The number of nitrogens with zero attached hydrogens (tertiary/aromatic N) is 3. The van der Waals surface area contributed by atoms with Gasteiger partial charge in [0, 0.05) is 43.0 Å². The van der Waals surface area contributed by atoms with Crippen LogP contribution < -0.4 is 5.73 Å². The molecule has 2 aromatic rings. The van der Waals surface area contributed by atoms with Gasteiger partial charge in [0.15, 0.2) is 0 Å². The SMILES string of the molecule is N[C@@H]1CCCN(Cc2cc3cccnc3n2CC2CC2)C1. The van der Waals surface area contributed by atoms with E-state index in [1.807, 2.05) is 12.3 Å². The molecular weight excluding hydrogens is 260 g/mol. The van der Waals surface area contributed by atoms with Crippen molar-refractivity contribution in [1.29, 1.82) is 0 Å². The Morgan fingerprint density at radius 3 is 3.00 bits per heavy atom. The molecule has 1 saturated heterocycles. The zero-order chi connectivity index (χ0) is 14.2. The van der Waals surface area contributed by atoms with Gasteiger partial charge < -0.3 is 10.3 Å². The van der Waals surface area contributed by atoms with Crippen molar-refractivity contribution in [1.82, 2.24) is 14.5 Å². The number of fused-ring (bicyclic) bond motifs is 1. The standard InChI is InChI=1S/C17H24N4/c18-15-4-2-8-20(11-15)12-16-9-14-3-1-7-19-17(14)21(16)10-13-5-6-13/h1,3,7,9,13,15H,2,4-6,8,10-12,18H2/t15-/m1/s1. The summed E-state index contributed by atoms with van der Waals surface area (Å²) in [5, 5.41) is 1.27. The molecule has 1 saturated carbocycles. The highest BCUT2D eigenvalue weighted by Gasteiger charge is 2.25. The molecule has 4 heteroatoms. The molecule has 1 aliphatic heterocycles. The van der Waals surface area contributed by atoms with Gasteiger partial charge in [0.1, 0.15) is 5.65 Å². The molecule has 21 heavy (non-hydrogen) atoms. The highest BCUT2D eigenvalue weighted by atomic mass is 15.2. The number of hydrogen-bond acceptors (Lipinski definition) is 3. The van der Waals surface area contributed by atoms with Crippen LogP contribution in [0.25, 0.3) is 11.0 Å². The Morgan fingerprint density at radius 1 is 1.29 bits per heavy atom. The van der Waals surface area contributed by atoms with Gasteiger partial charge in [-0.05, 0) is 56.3 Å². The van der Waals surface area contributed by atoms with Gasteiger partial charge >= 0.3 is 0 Å². The summed E-state index contributed by atoms with van der Waals surface area (Å²) < 4.78 is 2.45. The van der Waals surface area contributed by atoms with Crippen LogP contribution in [-0.4, -0.2) is 33.6 Å². The average Bonchev–Trinajstić information content (AvgIpc) is 3.23.